The van der Waals surface area contributed by atoms with Crippen LogP contribution in [0.3, 0.4) is 0 Å². The van der Waals surface area contributed by atoms with E-state index in [1.807, 2.05) is 56.3 Å². The Morgan fingerprint density at radius 3 is 2.62 bits per heavy atom. The molecule has 0 saturated carbocycles. The Hall–Kier alpha value is -2.27. The molecule has 0 bridgehead atoms. The lowest BCUT2D eigenvalue weighted by Gasteiger charge is -2.17. The summed E-state index contributed by atoms with van der Waals surface area (Å²) in [6, 6.07) is 13.3. The predicted molar refractivity (Wildman–Crippen MR) is 98.7 cm³/mol. The zero-order chi connectivity index (χ0) is 17.4. The first-order valence-electron chi connectivity index (χ1n) is 7.86. The average Bonchev–Trinajstić information content (AvgIpc) is 2.57. The number of aliphatic imine (C=N–C) groups is 1. The zero-order valence-corrected chi connectivity index (χ0v) is 15.0. The van der Waals surface area contributed by atoms with Gasteiger partial charge in [0.05, 0.1) is 18.8 Å². The third-order valence-corrected chi connectivity index (χ3v) is 3.57. The number of hydrogen-bond acceptors (Lipinski definition) is 3. The summed E-state index contributed by atoms with van der Waals surface area (Å²) in [6.45, 7) is 5.22. The first-order chi connectivity index (χ1) is 11.6. The number of benzene rings is 1. The fraction of sp³-hybridized carbons (Fsp3) is 0.333. The van der Waals surface area contributed by atoms with E-state index in [0.717, 1.165) is 17.1 Å². The first kappa shape index (κ1) is 18.1. The summed E-state index contributed by atoms with van der Waals surface area (Å²) in [5.41, 5.74) is 1.98. The van der Waals surface area contributed by atoms with E-state index in [2.05, 4.69) is 20.6 Å². The fourth-order valence-electron chi connectivity index (χ4n) is 2.12. The lowest BCUT2D eigenvalue weighted by Crippen LogP contribution is -2.41. The van der Waals surface area contributed by atoms with Crippen LogP contribution in [-0.4, -0.2) is 30.6 Å². The number of nitrogens with zero attached hydrogens (tertiary/aromatic N) is 2. The highest BCUT2D eigenvalue weighted by molar-refractivity contribution is 6.30. The average molecular weight is 347 g/mol. The molecule has 1 atom stereocenters. The van der Waals surface area contributed by atoms with Gasteiger partial charge in [0.25, 0.3) is 0 Å². The van der Waals surface area contributed by atoms with E-state index in [1.54, 1.807) is 7.05 Å². The fourth-order valence-corrected chi connectivity index (χ4v) is 2.25. The molecule has 2 N–H and O–H groups in total. The minimum atomic E-state index is -0.0122. The largest absolute Gasteiger partial charge is 0.489 e. The molecule has 2 aromatic rings. The van der Waals surface area contributed by atoms with Gasteiger partial charge in [-0.15, -0.1) is 0 Å². The molecule has 0 radical (unpaired) electrons. The smallest absolute Gasteiger partial charge is 0.191 e. The van der Waals surface area contributed by atoms with Crippen LogP contribution in [0.15, 0.2) is 47.5 Å². The number of hydrogen-bond donors (Lipinski definition) is 2. The molecule has 0 saturated heterocycles. The molecular formula is C18H23ClN4O. The SMILES string of the molecule is CN=C(NCc1cccc(C)n1)NCC(C)Oc1ccc(Cl)cc1. The van der Waals surface area contributed by atoms with Crippen LogP contribution in [0.1, 0.15) is 18.3 Å². The summed E-state index contributed by atoms with van der Waals surface area (Å²) in [4.78, 5) is 8.67. The number of ether oxygens (including phenoxy) is 1. The summed E-state index contributed by atoms with van der Waals surface area (Å²) >= 11 is 5.87. The topological polar surface area (TPSA) is 58.5 Å². The van der Waals surface area contributed by atoms with E-state index in [1.165, 1.54) is 0 Å². The summed E-state index contributed by atoms with van der Waals surface area (Å²) < 4.78 is 5.83. The number of guanidine groups is 1. The van der Waals surface area contributed by atoms with Crippen molar-refractivity contribution in [3.05, 3.63) is 58.9 Å². The van der Waals surface area contributed by atoms with Crippen molar-refractivity contribution < 1.29 is 4.74 Å². The first-order valence-corrected chi connectivity index (χ1v) is 8.24. The highest BCUT2D eigenvalue weighted by Gasteiger charge is 2.06. The normalized spacial score (nSPS) is 12.6. The van der Waals surface area contributed by atoms with Crippen molar-refractivity contribution in [3.8, 4) is 5.75 Å². The molecule has 128 valence electrons. The van der Waals surface area contributed by atoms with Crippen molar-refractivity contribution >= 4 is 17.6 Å². The standard InChI is InChI=1S/C18H23ClN4O/c1-13-5-4-6-16(23-13)12-22-18(20-3)21-11-14(2)24-17-9-7-15(19)8-10-17/h4-10,14H,11-12H2,1-3H3,(H2,20,21,22). The lowest BCUT2D eigenvalue weighted by atomic mass is 10.3. The molecule has 1 heterocycles. The number of rotatable bonds is 6. The Balaban J connectivity index is 1.77. The van der Waals surface area contributed by atoms with Crippen LogP contribution < -0.4 is 15.4 Å². The third kappa shape index (κ3) is 6.08. The molecule has 24 heavy (non-hydrogen) atoms. The Morgan fingerprint density at radius 2 is 1.96 bits per heavy atom. The Bertz CT molecular complexity index is 673. The maximum atomic E-state index is 5.87. The summed E-state index contributed by atoms with van der Waals surface area (Å²) in [5, 5.41) is 7.19. The number of halogens is 1. The maximum Gasteiger partial charge on any atom is 0.191 e. The Kier molecular flexibility index (Phi) is 6.88. The molecule has 0 aliphatic heterocycles. The Labute approximate surface area is 148 Å². The summed E-state index contributed by atoms with van der Waals surface area (Å²) in [5.74, 6) is 1.51. The molecule has 1 aromatic carbocycles. The summed E-state index contributed by atoms with van der Waals surface area (Å²) in [7, 11) is 1.74. The number of pyridine rings is 1. The molecule has 6 heteroatoms. The van der Waals surface area contributed by atoms with Crippen molar-refractivity contribution in [1.82, 2.24) is 15.6 Å². The molecule has 0 fully saturated rings. The molecule has 0 aliphatic carbocycles. The van der Waals surface area contributed by atoms with Crippen LogP contribution in [0.25, 0.3) is 0 Å². The molecule has 0 spiro atoms. The van der Waals surface area contributed by atoms with Crippen molar-refractivity contribution in [2.75, 3.05) is 13.6 Å². The van der Waals surface area contributed by atoms with Crippen molar-refractivity contribution in [3.63, 3.8) is 0 Å². The Morgan fingerprint density at radius 1 is 1.21 bits per heavy atom. The van der Waals surface area contributed by atoms with Gasteiger partial charge >= 0.3 is 0 Å². The van der Waals surface area contributed by atoms with Crippen LogP contribution >= 0.6 is 11.6 Å². The minimum absolute atomic E-state index is 0.0122. The van der Waals surface area contributed by atoms with Crippen molar-refractivity contribution in [1.29, 1.82) is 0 Å². The minimum Gasteiger partial charge on any atom is -0.489 e. The van der Waals surface area contributed by atoms with Gasteiger partial charge in [-0.25, -0.2) is 0 Å². The van der Waals surface area contributed by atoms with Gasteiger partial charge in [-0.3, -0.25) is 9.98 Å². The van der Waals surface area contributed by atoms with Gasteiger partial charge in [0.15, 0.2) is 5.96 Å². The predicted octanol–water partition coefficient (Wildman–Crippen LogP) is 3.18. The molecule has 5 nitrogen and oxygen atoms in total. The maximum absolute atomic E-state index is 5.87. The van der Waals surface area contributed by atoms with Gasteiger partial charge in [0, 0.05) is 17.8 Å². The molecule has 0 aliphatic rings. The highest BCUT2D eigenvalue weighted by Crippen LogP contribution is 2.16. The van der Waals surface area contributed by atoms with Crippen molar-refractivity contribution in [2.45, 2.75) is 26.5 Å². The van der Waals surface area contributed by atoms with Crippen LogP contribution in [0.2, 0.25) is 5.02 Å². The van der Waals surface area contributed by atoms with Crippen LogP contribution in [-0.2, 0) is 6.54 Å². The molecule has 1 unspecified atom stereocenters. The second-order valence-corrected chi connectivity index (χ2v) is 5.90. The quantitative estimate of drug-likeness (QED) is 0.623. The van der Waals surface area contributed by atoms with E-state index in [9.17, 15) is 0 Å². The summed E-state index contributed by atoms with van der Waals surface area (Å²) in [6.07, 6.45) is -0.0122. The zero-order valence-electron chi connectivity index (χ0n) is 14.2. The molecule has 0 amide bonds. The second-order valence-electron chi connectivity index (χ2n) is 5.46. The van der Waals surface area contributed by atoms with Gasteiger partial charge < -0.3 is 15.4 Å². The monoisotopic (exact) mass is 346 g/mol. The molecule has 1 aromatic heterocycles. The van der Waals surface area contributed by atoms with E-state index in [-0.39, 0.29) is 6.10 Å². The van der Waals surface area contributed by atoms with Gasteiger partial charge in [-0.05, 0) is 50.2 Å². The van der Waals surface area contributed by atoms with Gasteiger partial charge in [0.1, 0.15) is 11.9 Å². The van der Waals surface area contributed by atoms with E-state index in [4.69, 9.17) is 16.3 Å². The highest BCUT2D eigenvalue weighted by atomic mass is 35.5. The van der Waals surface area contributed by atoms with E-state index >= 15 is 0 Å². The van der Waals surface area contributed by atoms with Gasteiger partial charge in [-0.1, -0.05) is 17.7 Å². The van der Waals surface area contributed by atoms with Crippen molar-refractivity contribution in [2.24, 2.45) is 4.99 Å². The second kappa shape index (κ2) is 9.13. The van der Waals surface area contributed by atoms with Gasteiger partial charge in [0.2, 0.25) is 0 Å². The molecular weight excluding hydrogens is 324 g/mol. The van der Waals surface area contributed by atoms with Gasteiger partial charge in [-0.2, -0.15) is 0 Å². The van der Waals surface area contributed by atoms with Crippen LogP contribution in [0.4, 0.5) is 0 Å². The van der Waals surface area contributed by atoms with E-state index < -0.39 is 0 Å². The number of nitrogens with one attached hydrogen (secondary N) is 2. The number of aromatic nitrogens is 1. The number of aryl methyl sites for hydroxylation is 1. The third-order valence-electron chi connectivity index (χ3n) is 3.31. The van der Waals surface area contributed by atoms with E-state index in [0.29, 0.717) is 24.1 Å². The lowest BCUT2D eigenvalue weighted by molar-refractivity contribution is 0.224. The van der Waals surface area contributed by atoms with Crippen LogP contribution in [0, 0.1) is 6.92 Å². The van der Waals surface area contributed by atoms with Crippen LogP contribution in [0.5, 0.6) is 5.75 Å². The molecule has 2 rings (SSSR count).